The number of fused-ring (bicyclic) bond motifs is 2. The number of hydrogen-bond acceptors (Lipinski definition) is 4. The second kappa shape index (κ2) is 9.54. The molecule has 6 nitrogen and oxygen atoms in total. The summed E-state index contributed by atoms with van der Waals surface area (Å²) in [6.45, 7) is 5.05. The predicted molar refractivity (Wildman–Crippen MR) is 139 cm³/mol. The van der Waals surface area contributed by atoms with Crippen molar-refractivity contribution in [3.05, 3.63) is 106 Å². The van der Waals surface area contributed by atoms with E-state index in [1.54, 1.807) is 12.1 Å². The fourth-order valence-corrected chi connectivity index (χ4v) is 6.92. The molecular formula is C26H22ClN3O3S2. The SMILES string of the molecule is C=CCn1c(=NC(=O)c2ccc(S(=O)(=O)N3CCc4ccccc4C3)cc2)sc2cc(Cl)ccc21. The Bertz CT molecular complexity index is 1620. The van der Waals surface area contributed by atoms with Crippen molar-refractivity contribution in [2.24, 2.45) is 4.99 Å². The first-order valence-electron chi connectivity index (χ1n) is 11.0. The van der Waals surface area contributed by atoms with Crippen LogP contribution in [0.2, 0.25) is 5.02 Å². The first kappa shape index (κ1) is 23.7. The highest BCUT2D eigenvalue weighted by molar-refractivity contribution is 7.89. The fraction of sp³-hybridized carbons (Fsp3) is 0.154. The summed E-state index contributed by atoms with van der Waals surface area (Å²) in [4.78, 5) is 17.9. The number of sulfonamides is 1. The Morgan fingerprint density at radius 1 is 1.09 bits per heavy atom. The quantitative estimate of drug-likeness (QED) is 0.344. The van der Waals surface area contributed by atoms with Crippen molar-refractivity contribution in [1.29, 1.82) is 0 Å². The lowest BCUT2D eigenvalue weighted by Gasteiger charge is -2.28. The molecule has 0 aliphatic carbocycles. The van der Waals surface area contributed by atoms with Crippen LogP contribution in [-0.2, 0) is 29.5 Å². The van der Waals surface area contributed by atoms with Gasteiger partial charge in [-0.2, -0.15) is 9.30 Å². The van der Waals surface area contributed by atoms with E-state index in [0.717, 1.165) is 15.8 Å². The summed E-state index contributed by atoms with van der Waals surface area (Å²) in [5.74, 6) is -0.448. The maximum atomic E-state index is 13.2. The number of allylic oxidation sites excluding steroid dienone is 1. The van der Waals surface area contributed by atoms with Crippen molar-refractivity contribution < 1.29 is 13.2 Å². The van der Waals surface area contributed by atoms with Crippen LogP contribution >= 0.6 is 22.9 Å². The number of amides is 1. The van der Waals surface area contributed by atoms with Gasteiger partial charge in [-0.3, -0.25) is 4.79 Å². The molecule has 0 unspecified atom stereocenters. The molecule has 3 aromatic carbocycles. The molecule has 0 saturated heterocycles. The molecule has 0 N–H and O–H groups in total. The van der Waals surface area contributed by atoms with E-state index < -0.39 is 15.9 Å². The molecule has 0 spiro atoms. The summed E-state index contributed by atoms with van der Waals surface area (Å²) < 4.78 is 30.7. The lowest BCUT2D eigenvalue weighted by molar-refractivity contribution is 0.0997. The highest BCUT2D eigenvalue weighted by atomic mass is 35.5. The lowest BCUT2D eigenvalue weighted by atomic mass is 10.0. The van der Waals surface area contributed by atoms with E-state index in [-0.39, 0.29) is 4.90 Å². The summed E-state index contributed by atoms with van der Waals surface area (Å²) >= 11 is 7.48. The minimum atomic E-state index is -3.68. The van der Waals surface area contributed by atoms with Gasteiger partial charge in [-0.05, 0) is 60.0 Å². The standard InChI is InChI=1S/C26H22ClN3O3S2/c1-2-14-30-23-12-9-21(27)16-24(23)34-26(30)28-25(31)19-7-10-22(11-8-19)35(32,33)29-15-13-18-5-3-4-6-20(18)17-29/h2-12,16H,1,13-15,17H2. The van der Waals surface area contributed by atoms with Gasteiger partial charge in [-0.25, -0.2) is 8.42 Å². The lowest BCUT2D eigenvalue weighted by Crippen LogP contribution is -2.35. The fourth-order valence-electron chi connectivity index (χ4n) is 4.18. The Hall–Kier alpha value is -3.04. The highest BCUT2D eigenvalue weighted by Gasteiger charge is 2.28. The normalized spacial score (nSPS) is 14.7. The molecule has 0 radical (unpaired) electrons. The molecule has 0 atom stereocenters. The van der Waals surface area contributed by atoms with Gasteiger partial charge in [0.25, 0.3) is 5.91 Å². The number of benzene rings is 3. The topological polar surface area (TPSA) is 71.7 Å². The number of rotatable bonds is 5. The number of carbonyl (C=O) groups is 1. The van der Waals surface area contributed by atoms with E-state index in [1.807, 2.05) is 41.0 Å². The molecule has 1 aliphatic rings. The summed E-state index contributed by atoms with van der Waals surface area (Å²) in [5.41, 5.74) is 3.42. The number of aromatic nitrogens is 1. The number of halogens is 1. The number of nitrogens with zero attached hydrogens (tertiary/aromatic N) is 3. The van der Waals surface area contributed by atoms with Gasteiger partial charge in [-0.15, -0.1) is 6.58 Å². The smallest absolute Gasteiger partial charge is 0.279 e. The molecule has 4 aromatic rings. The molecule has 0 fully saturated rings. The predicted octanol–water partition coefficient (Wildman–Crippen LogP) is 5.03. The molecule has 178 valence electrons. The maximum Gasteiger partial charge on any atom is 0.279 e. The van der Waals surface area contributed by atoms with Crippen LogP contribution in [0.5, 0.6) is 0 Å². The van der Waals surface area contributed by atoms with Crippen LogP contribution in [0, 0.1) is 0 Å². The number of hydrogen-bond donors (Lipinski definition) is 0. The Kier molecular flexibility index (Phi) is 6.46. The van der Waals surface area contributed by atoms with Gasteiger partial charge in [-0.1, -0.05) is 53.3 Å². The van der Waals surface area contributed by atoms with Gasteiger partial charge in [0, 0.05) is 30.2 Å². The molecule has 35 heavy (non-hydrogen) atoms. The zero-order chi connectivity index (χ0) is 24.6. The molecule has 1 aliphatic heterocycles. The van der Waals surface area contributed by atoms with Gasteiger partial charge in [0.1, 0.15) is 0 Å². The molecular weight excluding hydrogens is 502 g/mol. The van der Waals surface area contributed by atoms with Crippen LogP contribution in [0.15, 0.2) is 89.3 Å². The Morgan fingerprint density at radius 3 is 2.57 bits per heavy atom. The summed E-state index contributed by atoms with van der Waals surface area (Å²) in [6, 6.07) is 19.4. The van der Waals surface area contributed by atoms with Crippen molar-refractivity contribution in [1.82, 2.24) is 8.87 Å². The average Bonchev–Trinajstić information content (AvgIpc) is 3.19. The van der Waals surface area contributed by atoms with Gasteiger partial charge >= 0.3 is 0 Å². The van der Waals surface area contributed by atoms with Crippen LogP contribution < -0.4 is 4.80 Å². The summed E-state index contributed by atoms with van der Waals surface area (Å²) in [5, 5.41) is 0.608. The van der Waals surface area contributed by atoms with Gasteiger partial charge in [0.05, 0.1) is 15.1 Å². The third kappa shape index (κ3) is 4.62. The Morgan fingerprint density at radius 2 is 1.83 bits per heavy atom. The number of thiazole rings is 1. The minimum Gasteiger partial charge on any atom is -0.312 e. The van der Waals surface area contributed by atoms with Crippen molar-refractivity contribution in [2.75, 3.05) is 6.54 Å². The molecule has 0 bridgehead atoms. The maximum absolute atomic E-state index is 13.2. The van der Waals surface area contributed by atoms with Gasteiger partial charge < -0.3 is 4.57 Å². The van der Waals surface area contributed by atoms with E-state index in [1.165, 1.54) is 45.5 Å². The van der Waals surface area contributed by atoms with Crippen LogP contribution in [-0.4, -0.2) is 29.7 Å². The molecule has 2 heterocycles. The summed E-state index contributed by atoms with van der Waals surface area (Å²) in [7, 11) is -3.68. The van der Waals surface area contributed by atoms with Crippen LogP contribution in [0.25, 0.3) is 10.2 Å². The van der Waals surface area contributed by atoms with E-state index in [0.29, 0.717) is 41.4 Å². The second-order valence-electron chi connectivity index (χ2n) is 8.19. The first-order valence-corrected chi connectivity index (χ1v) is 13.7. The van der Waals surface area contributed by atoms with Crippen LogP contribution in [0.1, 0.15) is 21.5 Å². The van der Waals surface area contributed by atoms with Crippen LogP contribution in [0.4, 0.5) is 0 Å². The second-order valence-corrected chi connectivity index (χ2v) is 11.6. The van der Waals surface area contributed by atoms with E-state index in [4.69, 9.17) is 11.6 Å². The van der Waals surface area contributed by atoms with Crippen molar-refractivity contribution >= 4 is 49.1 Å². The first-order chi connectivity index (χ1) is 16.9. The summed E-state index contributed by atoms with van der Waals surface area (Å²) in [6.07, 6.45) is 2.42. The average molecular weight is 524 g/mol. The highest BCUT2D eigenvalue weighted by Crippen LogP contribution is 2.25. The molecule has 0 saturated carbocycles. The Balaban J connectivity index is 1.42. The van der Waals surface area contributed by atoms with Gasteiger partial charge in [0.2, 0.25) is 10.0 Å². The minimum absolute atomic E-state index is 0.159. The molecule has 1 aromatic heterocycles. The molecule has 1 amide bonds. The number of carbonyl (C=O) groups excluding carboxylic acids is 1. The van der Waals surface area contributed by atoms with E-state index >= 15 is 0 Å². The third-order valence-corrected chi connectivity index (χ3v) is 9.12. The Labute approximate surface area is 212 Å². The van der Waals surface area contributed by atoms with Crippen LogP contribution in [0.3, 0.4) is 0 Å². The van der Waals surface area contributed by atoms with E-state index in [9.17, 15) is 13.2 Å². The zero-order valence-electron chi connectivity index (χ0n) is 18.7. The van der Waals surface area contributed by atoms with Crippen molar-refractivity contribution in [3.8, 4) is 0 Å². The monoisotopic (exact) mass is 523 g/mol. The zero-order valence-corrected chi connectivity index (χ0v) is 21.1. The molecule has 5 rings (SSSR count). The largest absolute Gasteiger partial charge is 0.312 e. The van der Waals surface area contributed by atoms with Crippen molar-refractivity contribution in [2.45, 2.75) is 24.4 Å². The van der Waals surface area contributed by atoms with E-state index in [2.05, 4.69) is 11.6 Å². The van der Waals surface area contributed by atoms with Crippen molar-refractivity contribution in [3.63, 3.8) is 0 Å². The van der Waals surface area contributed by atoms with Gasteiger partial charge in [0.15, 0.2) is 4.80 Å². The third-order valence-electron chi connectivity index (χ3n) is 5.99. The molecule has 9 heteroatoms.